The van der Waals surface area contributed by atoms with Gasteiger partial charge in [-0.25, -0.2) is 0 Å². The second-order valence-electron chi connectivity index (χ2n) is 5.65. The molecule has 1 amide bonds. The summed E-state index contributed by atoms with van der Waals surface area (Å²) in [6, 6.07) is 10.4. The van der Waals surface area contributed by atoms with E-state index in [1.165, 1.54) is 5.56 Å². The molecule has 1 aliphatic heterocycles. The quantitative estimate of drug-likeness (QED) is 0.787. The number of benzene rings is 1. The summed E-state index contributed by atoms with van der Waals surface area (Å²) in [5.41, 5.74) is 1.33. The first kappa shape index (κ1) is 16.4. The van der Waals surface area contributed by atoms with Gasteiger partial charge in [0.25, 0.3) is 0 Å². The van der Waals surface area contributed by atoms with E-state index in [0.717, 1.165) is 44.5 Å². The average molecular weight is 307 g/mol. The van der Waals surface area contributed by atoms with Crippen LogP contribution in [0, 0.1) is 5.92 Å². The first-order chi connectivity index (χ1) is 10.3. The fraction of sp³-hybridized carbons (Fsp3) is 0.588. The molecule has 4 heteroatoms. The molecule has 1 aromatic carbocycles. The summed E-state index contributed by atoms with van der Waals surface area (Å²) in [4.78, 5) is 14.2. The van der Waals surface area contributed by atoms with Gasteiger partial charge in [0.2, 0.25) is 5.91 Å². The summed E-state index contributed by atoms with van der Waals surface area (Å²) in [7, 11) is 0. The number of aliphatic hydroxyl groups excluding tert-OH is 1. The van der Waals surface area contributed by atoms with Crippen molar-refractivity contribution in [1.29, 1.82) is 0 Å². The minimum absolute atomic E-state index is 0.235. The number of likely N-dealkylation sites (tertiary alicyclic amines) is 1. The van der Waals surface area contributed by atoms with Gasteiger partial charge in [0, 0.05) is 19.7 Å². The summed E-state index contributed by atoms with van der Waals surface area (Å²) in [6.07, 6.45) is 4.06. The summed E-state index contributed by atoms with van der Waals surface area (Å²) < 4.78 is 0. The lowest BCUT2D eigenvalue weighted by Gasteiger charge is -2.32. The van der Waals surface area contributed by atoms with Gasteiger partial charge in [0.1, 0.15) is 0 Å². The third kappa shape index (κ3) is 5.71. The Morgan fingerprint density at radius 1 is 1.33 bits per heavy atom. The molecule has 0 aromatic heterocycles. The van der Waals surface area contributed by atoms with Crippen molar-refractivity contribution in [3.05, 3.63) is 35.9 Å². The van der Waals surface area contributed by atoms with Crippen LogP contribution in [0.15, 0.2) is 30.3 Å². The number of hydrogen-bond acceptors (Lipinski definition) is 3. The van der Waals surface area contributed by atoms with Crippen molar-refractivity contribution in [3.63, 3.8) is 0 Å². The SMILES string of the molecule is O=C(CSCCc1ccccc1)N1CCCC(CCO)C1. The molecule has 1 heterocycles. The number of hydrogen-bond donors (Lipinski definition) is 1. The van der Waals surface area contributed by atoms with Crippen LogP contribution in [0.1, 0.15) is 24.8 Å². The molecule has 0 bridgehead atoms. The molecule has 1 aliphatic rings. The number of nitrogens with zero attached hydrogens (tertiary/aromatic N) is 1. The lowest BCUT2D eigenvalue weighted by molar-refractivity contribution is -0.130. The highest BCUT2D eigenvalue weighted by Crippen LogP contribution is 2.20. The van der Waals surface area contributed by atoms with Gasteiger partial charge in [0.15, 0.2) is 0 Å². The number of amides is 1. The average Bonchev–Trinajstić information content (AvgIpc) is 2.53. The van der Waals surface area contributed by atoms with E-state index in [0.29, 0.717) is 11.7 Å². The molecule has 3 nitrogen and oxygen atoms in total. The Morgan fingerprint density at radius 2 is 2.14 bits per heavy atom. The van der Waals surface area contributed by atoms with Gasteiger partial charge >= 0.3 is 0 Å². The van der Waals surface area contributed by atoms with Crippen molar-refractivity contribution < 1.29 is 9.90 Å². The lowest BCUT2D eigenvalue weighted by Crippen LogP contribution is -2.41. The van der Waals surface area contributed by atoms with E-state index < -0.39 is 0 Å². The molecule has 2 rings (SSSR count). The Hall–Kier alpha value is -1.00. The van der Waals surface area contributed by atoms with Crippen molar-refractivity contribution in [2.75, 3.05) is 31.2 Å². The Morgan fingerprint density at radius 3 is 2.90 bits per heavy atom. The number of thioether (sulfide) groups is 1. The van der Waals surface area contributed by atoms with E-state index in [-0.39, 0.29) is 12.5 Å². The van der Waals surface area contributed by atoms with Crippen LogP contribution in [-0.4, -0.2) is 47.1 Å². The van der Waals surface area contributed by atoms with Crippen molar-refractivity contribution in [1.82, 2.24) is 4.90 Å². The molecule has 21 heavy (non-hydrogen) atoms. The maximum absolute atomic E-state index is 12.2. The van der Waals surface area contributed by atoms with E-state index in [4.69, 9.17) is 5.11 Å². The molecule has 0 spiro atoms. The second kappa shape index (κ2) is 9.11. The lowest BCUT2D eigenvalue weighted by atomic mass is 9.95. The van der Waals surface area contributed by atoms with Gasteiger partial charge in [-0.05, 0) is 42.9 Å². The van der Waals surface area contributed by atoms with Crippen LogP contribution in [-0.2, 0) is 11.2 Å². The first-order valence-electron chi connectivity index (χ1n) is 7.80. The predicted octanol–water partition coefficient (Wildman–Crippen LogP) is 2.58. The van der Waals surface area contributed by atoms with Crippen molar-refractivity contribution in [3.8, 4) is 0 Å². The van der Waals surface area contributed by atoms with Crippen LogP contribution in [0.5, 0.6) is 0 Å². The number of rotatable bonds is 7. The second-order valence-corrected chi connectivity index (χ2v) is 6.75. The fourth-order valence-corrected chi connectivity index (χ4v) is 3.68. The molecule has 1 fully saturated rings. The van der Waals surface area contributed by atoms with Gasteiger partial charge in [0.05, 0.1) is 5.75 Å². The predicted molar refractivity (Wildman–Crippen MR) is 88.5 cm³/mol. The Bertz CT molecular complexity index is 422. The van der Waals surface area contributed by atoms with E-state index in [1.807, 2.05) is 11.0 Å². The fourth-order valence-electron chi connectivity index (χ4n) is 2.80. The van der Waals surface area contributed by atoms with Crippen molar-refractivity contribution in [2.45, 2.75) is 25.7 Å². The van der Waals surface area contributed by atoms with Crippen LogP contribution in [0.4, 0.5) is 0 Å². The summed E-state index contributed by atoms with van der Waals surface area (Å²) in [5, 5.41) is 9.02. The number of aryl methyl sites for hydroxylation is 1. The Labute approximate surface area is 131 Å². The zero-order chi connectivity index (χ0) is 14.9. The molecular formula is C17H25NO2S. The smallest absolute Gasteiger partial charge is 0.232 e. The molecule has 1 saturated heterocycles. The van der Waals surface area contributed by atoms with Gasteiger partial charge in [-0.3, -0.25) is 4.79 Å². The zero-order valence-electron chi connectivity index (χ0n) is 12.5. The summed E-state index contributed by atoms with van der Waals surface area (Å²) >= 11 is 1.72. The van der Waals surface area contributed by atoms with E-state index >= 15 is 0 Å². The third-order valence-electron chi connectivity index (χ3n) is 4.01. The van der Waals surface area contributed by atoms with Crippen LogP contribution in [0.25, 0.3) is 0 Å². The topological polar surface area (TPSA) is 40.5 Å². The monoisotopic (exact) mass is 307 g/mol. The standard InChI is InChI=1S/C17H25NO2S/c19-11-8-16-7-4-10-18(13-16)17(20)14-21-12-9-15-5-2-1-3-6-15/h1-3,5-6,16,19H,4,7-14H2. The number of aliphatic hydroxyl groups is 1. The maximum atomic E-state index is 12.2. The number of piperidine rings is 1. The van der Waals surface area contributed by atoms with Crippen LogP contribution in [0.3, 0.4) is 0 Å². The van der Waals surface area contributed by atoms with Crippen LogP contribution >= 0.6 is 11.8 Å². The minimum Gasteiger partial charge on any atom is -0.396 e. The molecule has 0 saturated carbocycles. The normalized spacial score (nSPS) is 18.7. The van der Waals surface area contributed by atoms with Crippen LogP contribution in [0.2, 0.25) is 0 Å². The van der Waals surface area contributed by atoms with E-state index in [1.54, 1.807) is 11.8 Å². The van der Waals surface area contributed by atoms with E-state index in [2.05, 4.69) is 24.3 Å². The first-order valence-corrected chi connectivity index (χ1v) is 8.95. The summed E-state index contributed by atoms with van der Waals surface area (Å²) in [6.45, 7) is 1.96. The summed E-state index contributed by atoms with van der Waals surface area (Å²) in [5.74, 6) is 2.32. The zero-order valence-corrected chi connectivity index (χ0v) is 13.4. The third-order valence-corrected chi connectivity index (χ3v) is 4.96. The maximum Gasteiger partial charge on any atom is 0.232 e. The molecule has 1 aromatic rings. The van der Waals surface area contributed by atoms with Crippen molar-refractivity contribution in [2.24, 2.45) is 5.92 Å². The van der Waals surface area contributed by atoms with Crippen molar-refractivity contribution >= 4 is 17.7 Å². The number of carbonyl (C=O) groups excluding carboxylic acids is 1. The molecule has 0 aliphatic carbocycles. The Balaban J connectivity index is 1.65. The molecule has 1 N–H and O–H groups in total. The largest absolute Gasteiger partial charge is 0.396 e. The number of carbonyl (C=O) groups is 1. The molecule has 1 atom stereocenters. The molecule has 116 valence electrons. The van der Waals surface area contributed by atoms with Gasteiger partial charge in [-0.2, -0.15) is 11.8 Å². The molecule has 1 unspecified atom stereocenters. The van der Waals surface area contributed by atoms with Gasteiger partial charge < -0.3 is 10.0 Å². The highest BCUT2D eigenvalue weighted by atomic mass is 32.2. The Kier molecular flexibility index (Phi) is 7.10. The van der Waals surface area contributed by atoms with Gasteiger partial charge in [-0.1, -0.05) is 30.3 Å². The van der Waals surface area contributed by atoms with Crippen LogP contribution < -0.4 is 0 Å². The van der Waals surface area contributed by atoms with Gasteiger partial charge in [-0.15, -0.1) is 0 Å². The molecular weight excluding hydrogens is 282 g/mol. The van der Waals surface area contributed by atoms with E-state index in [9.17, 15) is 4.79 Å². The highest BCUT2D eigenvalue weighted by molar-refractivity contribution is 7.99. The minimum atomic E-state index is 0.235. The molecule has 0 radical (unpaired) electrons. The highest BCUT2D eigenvalue weighted by Gasteiger charge is 2.22.